The van der Waals surface area contributed by atoms with Gasteiger partial charge in [-0.05, 0) is 55.1 Å². The van der Waals surface area contributed by atoms with Gasteiger partial charge in [0.05, 0.1) is 12.1 Å². The SMILES string of the molecule is CC(C)[C@@H](c1nnnn1C1CCCCC1)N1CCCCCC1. The van der Waals surface area contributed by atoms with Crippen molar-refractivity contribution in [2.45, 2.75) is 83.7 Å². The summed E-state index contributed by atoms with van der Waals surface area (Å²) in [6.07, 6.45) is 11.9. The maximum absolute atomic E-state index is 4.48. The zero-order chi connectivity index (χ0) is 15.4. The van der Waals surface area contributed by atoms with Crippen molar-refractivity contribution in [1.29, 1.82) is 0 Å². The van der Waals surface area contributed by atoms with E-state index in [1.54, 1.807) is 0 Å². The Kier molecular flexibility index (Phi) is 5.45. The molecule has 0 unspecified atom stereocenters. The van der Waals surface area contributed by atoms with Crippen LogP contribution in [-0.4, -0.2) is 38.2 Å². The Morgan fingerprint density at radius 3 is 2.18 bits per heavy atom. The molecule has 2 heterocycles. The van der Waals surface area contributed by atoms with E-state index in [2.05, 4.69) is 39.0 Å². The second kappa shape index (κ2) is 7.53. The largest absolute Gasteiger partial charge is 0.293 e. The van der Waals surface area contributed by atoms with Crippen molar-refractivity contribution in [3.05, 3.63) is 5.82 Å². The molecule has 1 aliphatic carbocycles. The second-order valence-corrected chi connectivity index (χ2v) is 7.41. The summed E-state index contributed by atoms with van der Waals surface area (Å²) in [5.74, 6) is 1.66. The topological polar surface area (TPSA) is 46.8 Å². The summed E-state index contributed by atoms with van der Waals surface area (Å²) in [6, 6.07) is 0.891. The summed E-state index contributed by atoms with van der Waals surface area (Å²) in [5, 5.41) is 12.9. The predicted molar refractivity (Wildman–Crippen MR) is 87.6 cm³/mol. The third kappa shape index (κ3) is 3.50. The summed E-state index contributed by atoms with van der Waals surface area (Å²) < 4.78 is 2.18. The summed E-state index contributed by atoms with van der Waals surface area (Å²) in [6.45, 7) is 7.02. The normalized spacial score (nSPS) is 23.6. The van der Waals surface area contributed by atoms with Gasteiger partial charge >= 0.3 is 0 Å². The highest BCUT2D eigenvalue weighted by molar-refractivity contribution is 4.98. The number of nitrogens with zero attached hydrogens (tertiary/aromatic N) is 5. The quantitative estimate of drug-likeness (QED) is 0.850. The first-order valence-corrected chi connectivity index (χ1v) is 9.29. The molecule has 0 radical (unpaired) electrons. The Bertz CT molecular complexity index is 442. The minimum Gasteiger partial charge on any atom is -0.293 e. The number of hydrogen-bond acceptors (Lipinski definition) is 4. The monoisotopic (exact) mass is 305 g/mol. The van der Waals surface area contributed by atoms with E-state index in [0.29, 0.717) is 18.0 Å². The van der Waals surface area contributed by atoms with Crippen molar-refractivity contribution < 1.29 is 0 Å². The standard InChI is InChI=1S/C17H31N5/c1-14(2)16(21-12-8-3-4-9-13-21)17-18-19-20-22(17)15-10-6-5-7-11-15/h14-16H,3-13H2,1-2H3/t16-/m0/s1. The third-order valence-electron chi connectivity index (χ3n) is 5.37. The Labute approximate surface area is 134 Å². The average Bonchev–Trinajstić information content (AvgIpc) is 2.84. The fourth-order valence-corrected chi connectivity index (χ4v) is 4.24. The van der Waals surface area contributed by atoms with Gasteiger partial charge in [0.25, 0.3) is 0 Å². The Morgan fingerprint density at radius 1 is 0.909 bits per heavy atom. The molecule has 1 aliphatic heterocycles. The van der Waals surface area contributed by atoms with E-state index in [-0.39, 0.29) is 0 Å². The zero-order valence-corrected chi connectivity index (χ0v) is 14.2. The smallest absolute Gasteiger partial charge is 0.168 e. The molecule has 0 spiro atoms. The number of aromatic nitrogens is 4. The van der Waals surface area contributed by atoms with Gasteiger partial charge in [-0.1, -0.05) is 46.0 Å². The lowest BCUT2D eigenvalue weighted by atomic mass is 9.94. The van der Waals surface area contributed by atoms with Crippen LogP contribution in [-0.2, 0) is 0 Å². The maximum atomic E-state index is 4.48. The Balaban J connectivity index is 1.83. The van der Waals surface area contributed by atoms with Crippen molar-refractivity contribution in [2.24, 2.45) is 5.92 Å². The van der Waals surface area contributed by atoms with E-state index in [1.807, 2.05) is 0 Å². The van der Waals surface area contributed by atoms with Crippen LogP contribution in [0, 0.1) is 5.92 Å². The van der Waals surface area contributed by atoms with E-state index in [0.717, 1.165) is 5.82 Å². The van der Waals surface area contributed by atoms with Gasteiger partial charge in [-0.25, -0.2) is 4.68 Å². The van der Waals surface area contributed by atoms with Gasteiger partial charge in [-0.15, -0.1) is 5.10 Å². The van der Waals surface area contributed by atoms with Crippen LogP contribution < -0.4 is 0 Å². The lowest BCUT2D eigenvalue weighted by Crippen LogP contribution is -2.35. The molecule has 124 valence electrons. The van der Waals surface area contributed by atoms with Gasteiger partial charge < -0.3 is 0 Å². The highest BCUT2D eigenvalue weighted by Gasteiger charge is 2.31. The van der Waals surface area contributed by atoms with Gasteiger partial charge in [0.2, 0.25) is 0 Å². The van der Waals surface area contributed by atoms with E-state index >= 15 is 0 Å². The first-order valence-electron chi connectivity index (χ1n) is 9.29. The molecule has 2 fully saturated rings. The summed E-state index contributed by atoms with van der Waals surface area (Å²) in [5.41, 5.74) is 0. The summed E-state index contributed by atoms with van der Waals surface area (Å²) >= 11 is 0. The molecule has 22 heavy (non-hydrogen) atoms. The van der Waals surface area contributed by atoms with Gasteiger partial charge in [0.1, 0.15) is 0 Å². The molecule has 1 aromatic rings. The van der Waals surface area contributed by atoms with Crippen LogP contribution in [0.3, 0.4) is 0 Å². The molecular formula is C17H31N5. The van der Waals surface area contributed by atoms with Gasteiger partial charge in [-0.2, -0.15) is 0 Å². The highest BCUT2D eigenvalue weighted by atomic mass is 15.6. The fourth-order valence-electron chi connectivity index (χ4n) is 4.24. The van der Waals surface area contributed by atoms with E-state index in [1.165, 1.54) is 70.9 Å². The van der Waals surface area contributed by atoms with Crippen molar-refractivity contribution in [2.75, 3.05) is 13.1 Å². The molecule has 0 aromatic carbocycles. The summed E-state index contributed by atoms with van der Waals surface area (Å²) in [7, 11) is 0. The minimum atomic E-state index is 0.370. The molecular weight excluding hydrogens is 274 g/mol. The van der Waals surface area contributed by atoms with Crippen LogP contribution in [0.15, 0.2) is 0 Å². The fraction of sp³-hybridized carbons (Fsp3) is 0.941. The molecule has 1 saturated carbocycles. The van der Waals surface area contributed by atoms with Gasteiger partial charge in [0, 0.05) is 0 Å². The molecule has 5 nitrogen and oxygen atoms in total. The number of likely N-dealkylation sites (tertiary alicyclic amines) is 1. The van der Waals surface area contributed by atoms with Crippen LogP contribution in [0.5, 0.6) is 0 Å². The molecule has 1 saturated heterocycles. The second-order valence-electron chi connectivity index (χ2n) is 7.41. The van der Waals surface area contributed by atoms with Crippen molar-refractivity contribution >= 4 is 0 Å². The van der Waals surface area contributed by atoms with E-state index in [9.17, 15) is 0 Å². The van der Waals surface area contributed by atoms with Crippen LogP contribution in [0.25, 0.3) is 0 Å². The lowest BCUT2D eigenvalue weighted by Gasteiger charge is -2.34. The first-order chi connectivity index (χ1) is 10.8. The maximum Gasteiger partial charge on any atom is 0.168 e. The number of rotatable bonds is 4. The Hall–Kier alpha value is -0.970. The van der Waals surface area contributed by atoms with E-state index < -0.39 is 0 Å². The minimum absolute atomic E-state index is 0.370. The number of tetrazole rings is 1. The molecule has 0 amide bonds. The molecule has 1 atom stereocenters. The van der Waals surface area contributed by atoms with Crippen LogP contribution in [0.4, 0.5) is 0 Å². The molecule has 0 bridgehead atoms. The van der Waals surface area contributed by atoms with Crippen molar-refractivity contribution in [1.82, 2.24) is 25.1 Å². The third-order valence-corrected chi connectivity index (χ3v) is 5.37. The predicted octanol–water partition coefficient (Wildman–Crippen LogP) is 3.75. The van der Waals surface area contributed by atoms with Crippen LogP contribution in [0.1, 0.15) is 89.5 Å². The molecule has 5 heteroatoms. The lowest BCUT2D eigenvalue weighted by molar-refractivity contribution is 0.143. The van der Waals surface area contributed by atoms with E-state index in [4.69, 9.17) is 0 Å². The molecule has 3 rings (SSSR count). The highest BCUT2D eigenvalue weighted by Crippen LogP contribution is 2.34. The molecule has 2 aliphatic rings. The average molecular weight is 305 g/mol. The summed E-state index contributed by atoms with van der Waals surface area (Å²) in [4.78, 5) is 2.64. The van der Waals surface area contributed by atoms with Gasteiger partial charge in [-0.3, -0.25) is 4.90 Å². The molecule has 1 aromatic heterocycles. The van der Waals surface area contributed by atoms with Gasteiger partial charge in [0.15, 0.2) is 5.82 Å². The molecule has 0 N–H and O–H groups in total. The van der Waals surface area contributed by atoms with Crippen molar-refractivity contribution in [3.63, 3.8) is 0 Å². The van der Waals surface area contributed by atoms with Crippen LogP contribution >= 0.6 is 0 Å². The zero-order valence-electron chi connectivity index (χ0n) is 14.2. The van der Waals surface area contributed by atoms with Crippen LogP contribution in [0.2, 0.25) is 0 Å². The first kappa shape index (κ1) is 15.9. The Morgan fingerprint density at radius 2 is 1.55 bits per heavy atom. The van der Waals surface area contributed by atoms with Crippen molar-refractivity contribution in [3.8, 4) is 0 Å². The number of hydrogen-bond donors (Lipinski definition) is 0.